The molecule has 1 atom stereocenters. The number of pyridine rings is 1. The van der Waals surface area contributed by atoms with Crippen molar-refractivity contribution in [2.45, 2.75) is 25.6 Å². The second kappa shape index (κ2) is 5.76. The number of hydrogen-bond donors (Lipinski definition) is 1. The maximum absolute atomic E-state index is 12.9. The van der Waals surface area contributed by atoms with Gasteiger partial charge in [0, 0.05) is 11.2 Å². The monoisotopic (exact) mass is 351 g/mol. The van der Waals surface area contributed by atoms with Gasteiger partial charge in [-0.15, -0.1) is 5.06 Å². The van der Waals surface area contributed by atoms with E-state index in [0.717, 1.165) is 9.80 Å². The molecule has 1 aliphatic heterocycles. The molecule has 2 aromatic rings. The third kappa shape index (κ3) is 2.60. The summed E-state index contributed by atoms with van der Waals surface area (Å²) in [6.45, 7) is 3.51. The van der Waals surface area contributed by atoms with E-state index in [2.05, 4.69) is 4.98 Å². The van der Waals surface area contributed by atoms with Crippen molar-refractivity contribution < 1.29 is 9.95 Å². The lowest BCUT2D eigenvalue weighted by Gasteiger charge is -2.25. The summed E-state index contributed by atoms with van der Waals surface area (Å²) in [6, 6.07) is 10.1. The van der Waals surface area contributed by atoms with Crippen molar-refractivity contribution in [1.29, 1.82) is 0 Å². The number of hydrogen-bond acceptors (Lipinski definition) is 4. The maximum Gasteiger partial charge on any atom is 0.269 e. The van der Waals surface area contributed by atoms with Gasteiger partial charge in [-0.05, 0) is 44.2 Å². The van der Waals surface area contributed by atoms with Gasteiger partial charge in [-0.3, -0.25) is 4.98 Å². The zero-order valence-corrected chi connectivity index (χ0v) is 14.1. The summed E-state index contributed by atoms with van der Waals surface area (Å²) >= 11 is 12.1. The number of halogens is 2. The molecule has 0 fully saturated rings. The summed E-state index contributed by atoms with van der Waals surface area (Å²) < 4.78 is 0.747. The molecule has 23 heavy (non-hydrogen) atoms. The van der Waals surface area contributed by atoms with Crippen molar-refractivity contribution in [3.8, 4) is 0 Å². The van der Waals surface area contributed by atoms with Crippen LogP contribution in [-0.2, 0) is 0 Å². The standard InChI is InChI=1S/C16H15Cl2N3O2/c1-16(2)14(13-5-3-4-8-19-13)20(22)15(21(16)23)11-7-6-10(17)9-12(11)18/h3-9,15,23H,1-2H3. The van der Waals surface area contributed by atoms with Crippen LogP contribution >= 0.6 is 23.2 Å². The molecule has 0 saturated heterocycles. The summed E-state index contributed by atoms with van der Waals surface area (Å²) in [5, 5.41) is 25.3. The fourth-order valence-corrected chi connectivity index (χ4v) is 3.31. The minimum Gasteiger partial charge on any atom is -0.622 e. The van der Waals surface area contributed by atoms with Crippen molar-refractivity contribution in [2.24, 2.45) is 0 Å². The fourth-order valence-electron chi connectivity index (χ4n) is 2.80. The fraction of sp³-hybridized carbons (Fsp3) is 0.250. The molecule has 1 unspecified atom stereocenters. The Labute approximate surface area is 143 Å². The summed E-state index contributed by atoms with van der Waals surface area (Å²) in [4.78, 5) is 4.24. The molecule has 7 heteroatoms. The smallest absolute Gasteiger partial charge is 0.269 e. The number of aromatic nitrogens is 1. The van der Waals surface area contributed by atoms with Gasteiger partial charge in [-0.2, -0.15) is 4.74 Å². The van der Waals surface area contributed by atoms with Gasteiger partial charge in [0.05, 0.1) is 10.6 Å². The molecular weight excluding hydrogens is 337 g/mol. The Balaban J connectivity index is 2.17. The van der Waals surface area contributed by atoms with E-state index in [1.807, 2.05) is 0 Å². The van der Waals surface area contributed by atoms with E-state index in [0.29, 0.717) is 27.0 Å². The van der Waals surface area contributed by atoms with Crippen LogP contribution in [0.4, 0.5) is 0 Å². The molecule has 1 aromatic carbocycles. The number of benzene rings is 1. The van der Waals surface area contributed by atoms with Gasteiger partial charge in [0.1, 0.15) is 11.2 Å². The van der Waals surface area contributed by atoms with Crippen molar-refractivity contribution in [3.05, 3.63) is 69.1 Å². The van der Waals surface area contributed by atoms with Gasteiger partial charge in [-0.1, -0.05) is 29.3 Å². The highest BCUT2D eigenvalue weighted by Crippen LogP contribution is 2.39. The second-order valence-corrected chi connectivity index (χ2v) is 6.68. The molecule has 120 valence electrons. The molecule has 0 saturated carbocycles. The van der Waals surface area contributed by atoms with Crippen LogP contribution in [0.5, 0.6) is 0 Å². The highest BCUT2D eigenvalue weighted by molar-refractivity contribution is 6.35. The molecule has 0 spiro atoms. The Bertz CT molecular complexity index is 778. The van der Waals surface area contributed by atoms with E-state index < -0.39 is 11.7 Å². The van der Waals surface area contributed by atoms with Crippen LogP contribution < -0.4 is 0 Å². The molecule has 2 heterocycles. The van der Waals surface area contributed by atoms with Crippen LogP contribution in [0.15, 0.2) is 42.6 Å². The molecule has 1 aliphatic rings. The van der Waals surface area contributed by atoms with Crippen LogP contribution in [0.25, 0.3) is 0 Å². The number of nitrogens with zero attached hydrogens (tertiary/aromatic N) is 3. The van der Waals surface area contributed by atoms with Crippen molar-refractivity contribution in [3.63, 3.8) is 0 Å². The Morgan fingerprint density at radius 2 is 2.00 bits per heavy atom. The molecule has 0 bridgehead atoms. The zero-order chi connectivity index (χ0) is 16.8. The summed E-state index contributed by atoms with van der Waals surface area (Å²) in [7, 11) is 0. The van der Waals surface area contributed by atoms with E-state index in [4.69, 9.17) is 23.2 Å². The average molecular weight is 352 g/mol. The largest absolute Gasteiger partial charge is 0.622 e. The van der Waals surface area contributed by atoms with Crippen molar-refractivity contribution in [2.75, 3.05) is 0 Å². The average Bonchev–Trinajstić information content (AvgIpc) is 2.67. The number of hydroxylamine groups is 3. The molecule has 0 amide bonds. The molecule has 0 radical (unpaired) electrons. The summed E-state index contributed by atoms with van der Waals surface area (Å²) in [6.07, 6.45) is 0.642. The van der Waals surface area contributed by atoms with Gasteiger partial charge in [0.2, 0.25) is 5.71 Å². The second-order valence-electron chi connectivity index (χ2n) is 5.83. The van der Waals surface area contributed by atoms with Crippen LogP contribution in [0, 0.1) is 5.21 Å². The Hall–Kier alpha value is -1.66. The van der Waals surface area contributed by atoms with Gasteiger partial charge in [0.25, 0.3) is 6.17 Å². The molecule has 0 aliphatic carbocycles. The van der Waals surface area contributed by atoms with Crippen LogP contribution in [-0.4, -0.2) is 31.2 Å². The van der Waals surface area contributed by atoms with E-state index in [-0.39, 0.29) is 0 Å². The SMILES string of the molecule is CC1(C)C(c2ccccn2)=[N+]([O-])C(c2ccc(Cl)cc2Cl)N1O. The third-order valence-corrected chi connectivity index (χ3v) is 4.54. The van der Waals surface area contributed by atoms with Gasteiger partial charge < -0.3 is 10.4 Å². The van der Waals surface area contributed by atoms with E-state index in [9.17, 15) is 10.4 Å². The lowest BCUT2D eigenvalue weighted by atomic mass is 9.96. The van der Waals surface area contributed by atoms with Crippen molar-refractivity contribution >= 4 is 28.9 Å². The van der Waals surface area contributed by atoms with Gasteiger partial charge in [-0.25, -0.2) is 0 Å². The van der Waals surface area contributed by atoms with Crippen molar-refractivity contribution in [1.82, 2.24) is 10.0 Å². The molecule has 1 aromatic heterocycles. The van der Waals surface area contributed by atoms with Crippen LogP contribution in [0.2, 0.25) is 10.0 Å². The highest BCUT2D eigenvalue weighted by atomic mass is 35.5. The van der Waals surface area contributed by atoms with Crippen LogP contribution in [0.3, 0.4) is 0 Å². The minimum atomic E-state index is -0.966. The van der Waals surface area contributed by atoms with Gasteiger partial charge >= 0.3 is 0 Å². The Morgan fingerprint density at radius 3 is 2.61 bits per heavy atom. The maximum atomic E-state index is 12.9. The Kier molecular flexibility index (Phi) is 4.06. The lowest BCUT2D eigenvalue weighted by Crippen LogP contribution is -2.44. The normalized spacial score (nSPS) is 21.0. The first-order valence-corrected chi connectivity index (χ1v) is 7.78. The molecule has 5 nitrogen and oxygen atoms in total. The first kappa shape index (κ1) is 16.2. The van der Waals surface area contributed by atoms with Gasteiger partial charge in [0.15, 0.2) is 0 Å². The topological polar surface area (TPSA) is 62.4 Å². The summed E-state index contributed by atoms with van der Waals surface area (Å²) in [5.74, 6) is 0. The minimum absolute atomic E-state index is 0.320. The van der Waals surface area contributed by atoms with E-state index >= 15 is 0 Å². The van der Waals surface area contributed by atoms with Crippen LogP contribution in [0.1, 0.15) is 31.3 Å². The van der Waals surface area contributed by atoms with E-state index in [1.165, 1.54) is 0 Å². The Morgan fingerprint density at radius 1 is 1.26 bits per heavy atom. The third-order valence-electron chi connectivity index (χ3n) is 3.97. The molecular formula is C16H15Cl2N3O2. The quantitative estimate of drug-likeness (QED) is 0.658. The molecule has 3 rings (SSSR count). The predicted octanol–water partition coefficient (Wildman–Crippen LogP) is 3.87. The first-order valence-electron chi connectivity index (χ1n) is 7.02. The predicted molar refractivity (Wildman–Crippen MR) is 88.9 cm³/mol. The molecule has 1 N–H and O–H groups in total. The number of rotatable bonds is 2. The van der Waals surface area contributed by atoms with E-state index in [1.54, 1.807) is 56.4 Å². The zero-order valence-electron chi connectivity index (χ0n) is 12.6. The first-order chi connectivity index (χ1) is 10.8. The highest BCUT2D eigenvalue weighted by Gasteiger charge is 2.53. The summed E-state index contributed by atoms with van der Waals surface area (Å²) in [5.41, 5.74) is 0.437. The lowest BCUT2D eigenvalue weighted by molar-refractivity contribution is -0.544.